The van der Waals surface area contributed by atoms with Crippen LogP contribution in [0.3, 0.4) is 0 Å². The van der Waals surface area contributed by atoms with Crippen LogP contribution in [0.2, 0.25) is 0 Å². The highest BCUT2D eigenvalue weighted by molar-refractivity contribution is 9.08. The van der Waals surface area contributed by atoms with Gasteiger partial charge in [-0.25, -0.2) is 4.79 Å². The smallest absolute Gasteiger partial charge is 0.410 e. The molecular formula is C126H162BrN5O13. The van der Waals surface area contributed by atoms with E-state index in [0.717, 1.165) is 167 Å². The molecular weight excluding hydrogens is 1870 g/mol. The maximum Gasteiger partial charge on any atom is 0.410 e. The lowest BCUT2D eigenvalue weighted by molar-refractivity contribution is -0.0627. The second-order valence-corrected chi connectivity index (χ2v) is 45.6. The molecule has 0 aromatic heterocycles. The molecule has 1 amide bonds. The third kappa shape index (κ3) is 31.9. The predicted molar refractivity (Wildman–Crippen MR) is 583 cm³/mol. The van der Waals surface area contributed by atoms with Gasteiger partial charge >= 0.3 is 6.09 Å². The monoisotopic (exact) mass is 2030 g/mol. The number of aldehydes is 2. The van der Waals surface area contributed by atoms with Gasteiger partial charge in [-0.05, 0) is 415 Å². The van der Waals surface area contributed by atoms with Crippen molar-refractivity contribution in [2.75, 3.05) is 72.1 Å². The average molecular weight is 2030 g/mol. The molecule has 16 aliphatic carbocycles. The van der Waals surface area contributed by atoms with Crippen molar-refractivity contribution in [3.63, 3.8) is 0 Å². The third-order valence-electron chi connectivity index (χ3n) is 33.7. The fraction of sp³-hybridized carbons (Fsp3) is 0.500. The maximum absolute atomic E-state index is 12.4. The standard InChI is InChI=1S/C26H33NO2.C20H25NO3.C19H27NO2.C15H14O2.C14H12O2.C11H19N.C7H7Br.C7H6O2.C6H15N.CH4/c28-25(16-27-18-26-13-20-10-21(14-26)12-22(11-20)15-26)23-6-8-24(9-7-23)29-17-19-4-2-1-3-5-19;22-17-3-1-16(2-4-17)18-11-21(19(23)24-18)12-20-8-13-5-14(9-20)7-15(6-13)10-20;21-17-3-1-16(2-4-17)18(22)11-20-12-19-8-13-5-14(9-19)7-15(6-13)10-19;1-2-4-12(5-3-1)10-16-14-8-6-13(7-9-14)15-11-17-15;15-10-12-6-8-14(9-7-12)16-11-13-4-2-1-3-5-13;12-7-11-4-8-1-9(5-11)3-10(2-8)6-11;8-6-7-4-2-1-3-5-7;8-5-6-1-3-7(9)4-2-6;1-4-7(5-2)6-3;/h1-9,20-22,25,27-28H,10-18H2;1-4,13-15,18,22H,5-12H2;1-4,13-15,18,20-22H,5-12H2;1-9,15H,10-11H2;1-10H,11H2;8-10H,1-7,12H2;1-5H,6H2;1-5,9H;4-6H2,1-3H3;1H4. The van der Waals surface area contributed by atoms with E-state index in [9.17, 15) is 34.8 Å². The molecule has 2 aliphatic heterocycles. The molecule has 16 saturated carbocycles. The number of phenolic OH excluding ortho intramolecular Hbond substituents is 3. The normalized spacial score (nSPS) is 27.9. The summed E-state index contributed by atoms with van der Waals surface area (Å²) in [4.78, 5) is 37.2. The quantitative estimate of drug-likeness (QED) is 0.0118. The molecule has 4 unspecified atom stereocenters. The minimum Gasteiger partial charge on any atom is -0.508 e. The van der Waals surface area contributed by atoms with Crippen molar-refractivity contribution < 1.29 is 63.6 Å². The van der Waals surface area contributed by atoms with Crippen molar-refractivity contribution in [1.82, 2.24) is 20.4 Å². The Labute approximate surface area is 872 Å². The number of carbonyl (C=O) groups is 3. The highest BCUT2D eigenvalue weighted by atomic mass is 79.9. The molecule has 2 heterocycles. The number of phenols is 3. The van der Waals surface area contributed by atoms with Gasteiger partial charge < -0.3 is 75.4 Å². The Morgan fingerprint density at radius 2 is 0.669 bits per heavy atom. The minimum atomic E-state index is -0.491. The number of cyclic esters (lactones) is 1. The third-order valence-corrected chi connectivity index (χ3v) is 34.4. The molecule has 16 bridgehead atoms. The molecule has 776 valence electrons. The molecule has 10 aromatic rings. The van der Waals surface area contributed by atoms with Crippen LogP contribution in [0.4, 0.5) is 4.79 Å². The molecule has 145 heavy (non-hydrogen) atoms. The van der Waals surface area contributed by atoms with Crippen LogP contribution < -0.4 is 30.6 Å². The number of nitrogens with zero attached hydrogens (tertiary/aromatic N) is 2. The van der Waals surface area contributed by atoms with Crippen LogP contribution in [-0.4, -0.2) is 126 Å². The number of carbonyl (C=O) groups excluding carboxylic acids is 3. The Balaban J connectivity index is 0.000000126. The average Bonchev–Trinajstić information content (AvgIpc) is 1.74. The lowest BCUT2D eigenvalue weighted by Gasteiger charge is -2.57. The van der Waals surface area contributed by atoms with Crippen LogP contribution >= 0.6 is 15.9 Å². The van der Waals surface area contributed by atoms with Crippen LogP contribution in [0, 0.1) is 92.7 Å². The number of aromatic hydroxyl groups is 3. The number of aliphatic hydroxyl groups excluding tert-OH is 2. The Bertz CT molecular complexity index is 5360. The van der Waals surface area contributed by atoms with Crippen molar-refractivity contribution in [3.05, 3.63) is 323 Å². The molecule has 18 aliphatic rings. The number of halogens is 1. The van der Waals surface area contributed by atoms with Gasteiger partial charge in [0.25, 0.3) is 0 Å². The van der Waals surface area contributed by atoms with Crippen LogP contribution in [-0.2, 0) is 34.6 Å². The van der Waals surface area contributed by atoms with Crippen LogP contribution in [0.1, 0.15) is 272 Å². The summed E-state index contributed by atoms with van der Waals surface area (Å²) in [5.74, 6) is 15.0. The summed E-state index contributed by atoms with van der Waals surface area (Å²) in [6.45, 7) is 18.6. The first-order valence-electron chi connectivity index (χ1n) is 54.0. The van der Waals surface area contributed by atoms with E-state index in [4.69, 9.17) is 34.5 Å². The molecule has 0 spiro atoms. The SMILES string of the molecule is BrCc1ccccc1.C.CCN(CC)CC.NCC12CC3CC(CC(C3)C1)C2.O=C1OC(c2ccc(O)cc2)CN1CC12CC3CC(CC(C3)C1)C2.O=Cc1ccc(O)cc1.O=Cc1ccc(OCc2ccccc2)cc1.OC(CNCC12CC3CC(CC(C3)C1)C2)c1ccc(OCc2ccccc2)cc1.Oc1ccc(C(O)CNCC23CC4CC(CC(C4)C2)C3)cc1.c1ccc(COc2ccc(C3CO3)cc2)cc1. The number of nitrogens with two attached hydrogens (primary N) is 1. The highest BCUT2D eigenvalue weighted by Crippen LogP contribution is 2.64. The van der Waals surface area contributed by atoms with Gasteiger partial charge in [-0.1, -0.05) is 214 Å². The maximum atomic E-state index is 12.4. The number of hydrogen-bond acceptors (Lipinski definition) is 17. The molecule has 2 saturated heterocycles. The number of rotatable bonds is 30. The van der Waals surface area contributed by atoms with Crippen LogP contribution in [0.25, 0.3) is 0 Å². The van der Waals surface area contributed by atoms with Crippen molar-refractivity contribution >= 4 is 34.6 Å². The molecule has 18 fully saturated rings. The number of nitrogens with one attached hydrogen (secondary N) is 2. The first-order chi connectivity index (χ1) is 70.1. The molecule has 9 N–H and O–H groups in total. The number of hydrogen-bond donors (Lipinski definition) is 8. The summed E-state index contributed by atoms with van der Waals surface area (Å²) >= 11 is 3.36. The number of epoxide rings is 1. The predicted octanol–water partition coefficient (Wildman–Crippen LogP) is 26.8. The van der Waals surface area contributed by atoms with Crippen molar-refractivity contribution in [3.8, 4) is 34.5 Å². The Morgan fingerprint density at radius 3 is 0.972 bits per heavy atom. The molecule has 10 aromatic carbocycles. The summed E-state index contributed by atoms with van der Waals surface area (Å²) in [6, 6.07) is 83.6. The number of amides is 1. The number of aliphatic hydroxyl groups is 2. The van der Waals surface area contributed by atoms with E-state index >= 15 is 0 Å². The summed E-state index contributed by atoms with van der Waals surface area (Å²) < 4.78 is 28.0. The second kappa shape index (κ2) is 53.1. The van der Waals surface area contributed by atoms with Crippen molar-refractivity contribution in [1.29, 1.82) is 0 Å². The molecule has 4 atom stereocenters. The van der Waals surface area contributed by atoms with Gasteiger partial charge in [0.2, 0.25) is 0 Å². The first-order valence-corrected chi connectivity index (χ1v) is 55.1. The van der Waals surface area contributed by atoms with E-state index in [1.807, 2.05) is 138 Å². The van der Waals surface area contributed by atoms with Gasteiger partial charge in [0.1, 0.15) is 79.1 Å². The van der Waals surface area contributed by atoms with E-state index in [0.29, 0.717) is 78.3 Å². The fourth-order valence-corrected chi connectivity index (χ4v) is 28.7. The summed E-state index contributed by atoms with van der Waals surface area (Å²) in [5, 5.41) is 56.5. The number of alkyl halides is 1. The van der Waals surface area contributed by atoms with Gasteiger partial charge in [0, 0.05) is 49.2 Å². The second-order valence-electron chi connectivity index (χ2n) is 45.0. The summed E-state index contributed by atoms with van der Waals surface area (Å²) in [7, 11) is 0. The highest BCUT2D eigenvalue weighted by Gasteiger charge is 2.55. The van der Waals surface area contributed by atoms with E-state index in [1.165, 1.54) is 203 Å². The molecule has 19 heteroatoms. The van der Waals surface area contributed by atoms with E-state index in [1.54, 1.807) is 72.8 Å². The fourth-order valence-electron chi connectivity index (χ4n) is 28.3. The lowest BCUT2D eigenvalue weighted by atomic mass is 9.49. The van der Waals surface area contributed by atoms with E-state index in [-0.39, 0.29) is 36.9 Å². The van der Waals surface area contributed by atoms with Crippen LogP contribution in [0.5, 0.6) is 34.5 Å². The zero-order chi connectivity index (χ0) is 100. The van der Waals surface area contributed by atoms with Crippen LogP contribution in [0.15, 0.2) is 267 Å². The Morgan fingerprint density at radius 1 is 0.393 bits per heavy atom. The summed E-state index contributed by atoms with van der Waals surface area (Å²) in [6.07, 6.45) is 35.2. The van der Waals surface area contributed by atoms with E-state index < -0.39 is 12.2 Å². The molecule has 28 rings (SSSR count). The number of ether oxygens (including phenoxy) is 5. The topological polar surface area (TPSA) is 258 Å². The van der Waals surface area contributed by atoms with Crippen molar-refractivity contribution in [2.24, 2.45) is 98.4 Å². The minimum absolute atomic E-state index is 0. The Kier molecular flexibility index (Phi) is 39.9. The van der Waals surface area contributed by atoms with Gasteiger partial charge in [-0.3, -0.25) is 9.59 Å². The van der Waals surface area contributed by atoms with Gasteiger partial charge in [-0.15, -0.1) is 0 Å². The summed E-state index contributed by atoms with van der Waals surface area (Å²) in [5.41, 5.74) is 18.0. The Hall–Kier alpha value is -10.2. The number of benzene rings is 10. The lowest BCUT2D eigenvalue weighted by Crippen LogP contribution is -2.51. The van der Waals surface area contributed by atoms with Gasteiger partial charge in [0.15, 0.2) is 0 Å². The van der Waals surface area contributed by atoms with E-state index in [2.05, 4.69) is 101 Å². The molecule has 18 nitrogen and oxygen atoms in total. The van der Waals surface area contributed by atoms with Gasteiger partial charge in [-0.2, -0.15) is 0 Å². The first kappa shape index (κ1) is 109. The zero-order valence-corrected chi connectivity index (χ0v) is 86.8. The van der Waals surface area contributed by atoms with Gasteiger partial charge in [0.05, 0.1) is 25.4 Å². The molecule has 0 radical (unpaired) electrons. The largest absolute Gasteiger partial charge is 0.508 e. The van der Waals surface area contributed by atoms with Crippen molar-refractivity contribution in [2.45, 2.75) is 232 Å². The zero-order valence-electron chi connectivity index (χ0n) is 85.2.